The number of aliphatic hydroxyl groups is 2. The quantitative estimate of drug-likeness (QED) is 0.534. The Morgan fingerprint density at radius 2 is 2.13 bits per heavy atom. The molecule has 1 rings (SSSR count). The number of hydrogen-bond acceptors (Lipinski definition) is 5. The van der Waals surface area contributed by atoms with E-state index in [1.165, 1.54) is 12.3 Å². The largest absolute Gasteiger partial charge is 0.479 e. The van der Waals surface area contributed by atoms with Crippen molar-refractivity contribution >= 4 is 11.8 Å². The highest BCUT2D eigenvalue weighted by Gasteiger charge is 2.25. The molecule has 0 aliphatic carbocycles. The number of nitrogen functional groups attached to an aromatic ring is 1. The van der Waals surface area contributed by atoms with Crippen molar-refractivity contribution in [2.45, 2.75) is 19.1 Å². The van der Waals surface area contributed by atoms with E-state index in [0.717, 1.165) is 0 Å². The Morgan fingerprint density at radius 1 is 1.53 bits per heavy atom. The highest BCUT2D eigenvalue weighted by Crippen LogP contribution is 2.19. The maximum atomic E-state index is 10.4. The molecule has 0 spiro atoms. The van der Waals surface area contributed by atoms with Crippen molar-refractivity contribution in [3.63, 3.8) is 0 Å². The standard InChI is InChI=1S/C9H12N2O4/c1-4-2-5(3-11-8(4)10)6(12)7(13)9(14)15/h2-3,6-7,12-13H,1H3,(H2,10,11)(H,14,15). The second kappa shape index (κ2) is 4.24. The number of hydrogen-bond donors (Lipinski definition) is 4. The zero-order valence-corrected chi connectivity index (χ0v) is 8.08. The van der Waals surface area contributed by atoms with Crippen LogP contribution in [0.3, 0.4) is 0 Å². The smallest absolute Gasteiger partial charge is 0.335 e. The summed E-state index contributed by atoms with van der Waals surface area (Å²) in [6.45, 7) is 1.67. The molecule has 1 aromatic rings. The number of pyridine rings is 1. The van der Waals surface area contributed by atoms with Crippen LogP contribution in [0, 0.1) is 6.92 Å². The number of carbonyl (C=O) groups is 1. The zero-order chi connectivity index (χ0) is 11.6. The lowest BCUT2D eigenvalue weighted by Gasteiger charge is -2.14. The van der Waals surface area contributed by atoms with Gasteiger partial charge in [-0.05, 0) is 18.6 Å². The van der Waals surface area contributed by atoms with Gasteiger partial charge in [0.25, 0.3) is 0 Å². The summed E-state index contributed by atoms with van der Waals surface area (Å²) in [6.07, 6.45) is -2.14. The van der Waals surface area contributed by atoms with Gasteiger partial charge >= 0.3 is 5.97 Å². The summed E-state index contributed by atoms with van der Waals surface area (Å²) in [5, 5.41) is 27.0. The molecule has 2 unspecified atom stereocenters. The van der Waals surface area contributed by atoms with Gasteiger partial charge < -0.3 is 21.1 Å². The molecular weight excluding hydrogens is 200 g/mol. The molecule has 0 aromatic carbocycles. The summed E-state index contributed by atoms with van der Waals surface area (Å²) in [6, 6.07) is 1.49. The molecule has 0 bridgehead atoms. The van der Waals surface area contributed by atoms with Gasteiger partial charge in [-0.25, -0.2) is 9.78 Å². The van der Waals surface area contributed by atoms with Crippen molar-refractivity contribution in [3.8, 4) is 0 Å². The number of aliphatic hydroxyl groups excluding tert-OH is 2. The fraction of sp³-hybridized carbons (Fsp3) is 0.333. The third kappa shape index (κ3) is 2.42. The Bertz CT molecular complexity index is 380. The van der Waals surface area contributed by atoms with E-state index in [4.69, 9.17) is 15.9 Å². The molecule has 0 aliphatic heterocycles. The van der Waals surface area contributed by atoms with E-state index in [9.17, 15) is 9.90 Å². The minimum absolute atomic E-state index is 0.219. The van der Waals surface area contributed by atoms with Crippen LogP contribution < -0.4 is 5.73 Å². The molecule has 0 saturated carbocycles. The number of aliphatic carboxylic acids is 1. The van der Waals surface area contributed by atoms with Gasteiger partial charge in [0, 0.05) is 11.8 Å². The molecule has 0 amide bonds. The van der Waals surface area contributed by atoms with Gasteiger partial charge in [0.1, 0.15) is 11.9 Å². The Morgan fingerprint density at radius 3 is 2.60 bits per heavy atom. The zero-order valence-electron chi connectivity index (χ0n) is 8.08. The van der Waals surface area contributed by atoms with Gasteiger partial charge in [0.05, 0.1) is 0 Å². The van der Waals surface area contributed by atoms with Crippen molar-refractivity contribution in [1.29, 1.82) is 0 Å². The molecule has 0 saturated heterocycles. The monoisotopic (exact) mass is 212 g/mol. The topological polar surface area (TPSA) is 117 Å². The normalized spacial score (nSPS) is 14.6. The van der Waals surface area contributed by atoms with E-state index in [1.807, 2.05) is 0 Å². The third-order valence-corrected chi connectivity index (χ3v) is 2.03. The second-order valence-corrected chi connectivity index (χ2v) is 3.20. The lowest BCUT2D eigenvalue weighted by atomic mass is 10.0. The molecule has 82 valence electrons. The van der Waals surface area contributed by atoms with Gasteiger partial charge in [-0.1, -0.05) is 0 Å². The van der Waals surface area contributed by atoms with Crippen LogP contribution >= 0.6 is 0 Å². The van der Waals surface area contributed by atoms with Gasteiger partial charge in [-0.15, -0.1) is 0 Å². The van der Waals surface area contributed by atoms with Crippen LogP contribution in [0.4, 0.5) is 5.82 Å². The van der Waals surface area contributed by atoms with Crippen molar-refractivity contribution in [2.75, 3.05) is 5.73 Å². The Hall–Kier alpha value is -1.66. The highest BCUT2D eigenvalue weighted by molar-refractivity contribution is 5.73. The molecular formula is C9H12N2O4. The van der Waals surface area contributed by atoms with E-state index < -0.39 is 18.2 Å². The van der Waals surface area contributed by atoms with Gasteiger partial charge in [-0.3, -0.25) is 0 Å². The number of anilines is 1. The number of nitrogens with zero attached hydrogens (tertiary/aromatic N) is 1. The first-order valence-corrected chi connectivity index (χ1v) is 4.24. The summed E-state index contributed by atoms with van der Waals surface area (Å²) >= 11 is 0. The maximum Gasteiger partial charge on any atom is 0.335 e. The van der Waals surface area contributed by atoms with Crippen molar-refractivity contribution in [2.24, 2.45) is 0 Å². The summed E-state index contributed by atoms with van der Waals surface area (Å²) < 4.78 is 0. The Balaban J connectivity index is 2.96. The van der Waals surface area contributed by atoms with Crippen molar-refractivity contribution < 1.29 is 20.1 Å². The number of aromatic nitrogens is 1. The van der Waals surface area contributed by atoms with Crippen molar-refractivity contribution in [3.05, 3.63) is 23.4 Å². The summed E-state index contributed by atoms with van der Waals surface area (Å²) in [7, 11) is 0. The van der Waals surface area contributed by atoms with Crippen LogP contribution in [-0.2, 0) is 4.79 Å². The first kappa shape index (κ1) is 11.4. The first-order valence-electron chi connectivity index (χ1n) is 4.24. The summed E-state index contributed by atoms with van der Waals surface area (Å²) in [5.41, 5.74) is 6.29. The highest BCUT2D eigenvalue weighted by atomic mass is 16.4. The van der Waals surface area contributed by atoms with Crippen LogP contribution in [0.5, 0.6) is 0 Å². The fourth-order valence-electron chi connectivity index (χ4n) is 1.09. The Kier molecular flexibility index (Phi) is 3.23. The number of carboxylic acids is 1. The molecule has 5 N–H and O–H groups in total. The summed E-state index contributed by atoms with van der Waals surface area (Å²) in [5.74, 6) is -1.19. The average molecular weight is 212 g/mol. The molecule has 0 fully saturated rings. The fourth-order valence-corrected chi connectivity index (χ4v) is 1.09. The van der Waals surface area contributed by atoms with E-state index in [0.29, 0.717) is 11.4 Å². The second-order valence-electron chi connectivity index (χ2n) is 3.20. The predicted octanol–water partition coefficient (Wildman–Crippen LogP) is -0.549. The molecule has 0 radical (unpaired) electrons. The predicted molar refractivity (Wildman–Crippen MR) is 52.0 cm³/mol. The average Bonchev–Trinajstić information content (AvgIpc) is 2.19. The maximum absolute atomic E-state index is 10.4. The minimum Gasteiger partial charge on any atom is -0.479 e. The van der Waals surface area contributed by atoms with Crippen LogP contribution in [0.15, 0.2) is 12.3 Å². The van der Waals surface area contributed by atoms with Crippen LogP contribution in [0.1, 0.15) is 17.2 Å². The van der Waals surface area contributed by atoms with E-state index in [1.54, 1.807) is 6.92 Å². The minimum atomic E-state index is -1.87. The lowest BCUT2D eigenvalue weighted by molar-refractivity contribution is -0.153. The van der Waals surface area contributed by atoms with Crippen LogP contribution in [0.2, 0.25) is 0 Å². The first-order chi connectivity index (χ1) is 6.93. The number of nitrogens with two attached hydrogens (primary N) is 1. The summed E-state index contributed by atoms with van der Waals surface area (Å²) in [4.78, 5) is 14.2. The number of rotatable bonds is 3. The van der Waals surface area contributed by atoms with Gasteiger partial charge in [0.15, 0.2) is 6.10 Å². The lowest BCUT2D eigenvalue weighted by Crippen LogP contribution is -2.27. The van der Waals surface area contributed by atoms with E-state index >= 15 is 0 Å². The third-order valence-electron chi connectivity index (χ3n) is 2.03. The number of aryl methyl sites for hydroxylation is 1. The Labute approximate surface area is 86.0 Å². The number of carboxylic acid groups (broad SMARTS) is 1. The molecule has 2 atom stereocenters. The van der Waals surface area contributed by atoms with Crippen molar-refractivity contribution in [1.82, 2.24) is 4.98 Å². The SMILES string of the molecule is Cc1cc(C(O)C(O)C(=O)O)cnc1N. The molecule has 6 nitrogen and oxygen atoms in total. The molecule has 0 aliphatic rings. The molecule has 1 aromatic heterocycles. The van der Waals surface area contributed by atoms with Crippen LogP contribution in [0.25, 0.3) is 0 Å². The molecule has 6 heteroatoms. The molecule has 1 heterocycles. The van der Waals surface area contributed by atoms with E-state index in [-0.39, 0.29) is 5.56 Å². The van der Waals surface area contributed by atoms with E-state index in [2.05, 4.69) is 4.98 Å². The van der Waals surface area contributed by atoms with Crippen LogP contribution in [-0.4, -0.2) is 32.4 Å². The molecule has 15 heavy (non-hydrogen) atoms. The van der Waals surface area contributed by atoms with Gasteiger partial charge in [0.2, 0.25) is 0 Å². The van der Waals surface area contributed by atoms with Gasteiger partial charge in [-0.2, -0.15) is 0 Å².